The lowest BCUT2D eigenvalue weighted by Crippen LogP contribution is -2.40. The maximum Gasteiger partial charge on any atom is 0.410 e. The molecule has 3 rings (SSSR count). The molecule has 0 spiro atoms. The Hall–Kier alpha value is -3.40. The standard InChI is InChI=1S/C20H18N2O7S/c23-18(24)17-10-16(30-19(25)14-4-2-1-3-5-14)11-21(17)20(26)29-12-13-6-8-15(9-7-13)22(27)28/h1-9,16-17H,10-12H2,(H,23,24)/t16-,17-/m0/s1. The number of ether oxygens (including phenoxy) is 1. The summed E-state index contributed by atoms with van der Waals surface area (Å²) >= 11 is 1.01. The second kappa shape index (κ2) is 9.40. The summed E-state index contributed by atoms with van der Waals surface area (Å²) in [5.74, 6) is -1.17. The topological polar surface area (TPSA) is 127 Å². The SMILES string of the molecule is O=C(S[C@H]1C[C@@H](C(=O)O)N(C(=O)OCc2ccc([N+](=O)[O-])cc2)C1)c1ccccc1. The van der Waals surface area contributed by atoms with Crippen LogP contribution in [0.1, 0.15) is 22.3 Å². The fraction of sp³-hybridized carbons (Fsp3) is 0.250. The van der Waals surface area contributed by atoms with Crippen molar-refractivity contribution in [2.45, 2.75) is 24.3 Å². The number of likely N-dealkylation sites (tertiary alicyclic amines) is 1. The Bertz CT molecular complexity index is 949. The molecule has 1 aliphatic rings. The first kappa shape index (κ1) is 21.3. The largest absolute Gasteiger partial charge is 0.480 e. The van der Waals surface area contributed by atoms with Crippen LogP contribution in [0.25, 0.3) is 0 Å². The molecule has 2 aromatic carbocycles. The van der Waals surface area contributed by atoms with E-state index in [0.29, 0.717) is 11.1 Å². The number of aliphatic carboxylic acids is 1. The van der Waals surface area contributed by atoms with E-state index in [-0.39, 0.29) is 35.6 Å². The van der Waals surface area contributed by atoms with Crippen LogP contribution in [-0.4, -0.2) is 49.9 Å². The summed E-state index contributed by atoms with van der Waals surface area (Å²) in [7, 11) is 0. The van der Waals surface area contributed by atoms with Crippen LogP contribution in [0.3, 0.4) is 0 Å². The van der Waals surface area contributed by atoms with Gasteiger partial charge in [-0.2, -0.15) is 0 Å². The minimum Gasteiger partial charge on any atom is -0.480 e. The van der Waals surface area contributed by atoms with Gasteiger partial charge in [0.1, 0.15) is 12.6 Å². The Kier molecular flexibility index (Phi) is 6.68. The average molecular weight is 430 g/mol. The minimum atomic E-state index is -1.17. The molecule has 0 radical (unpaired) electrons. The highest BCUT2D eigenvalue weighted by Gasteiger charge is 2.41. The Balaban J connectivity index is 1.60. The van der Waals surface area contributed by atoms with E-state index in [2.05, 4.69) is 0 Å². The zero-order chi connectivity index (χ0) is 21.7. The van der Waals surface area contributed by atoms with Crippen molar-refractivity contribution in [2.24, 2.45) is 0 Å². The molecule has 1 fully saturated rings. The number of nitro benzene ring substituents is 1. The minimum absolute atomic E-state index is 0.0688. The van der Waals surface area contributed by atoms with Crippen LogP contribution in [0, 0.1) is 10.1 Å². The second-order valence-electron chi connectivity index (χ2n) is 6.61. The van der Waals surface area contributed by atoms with Gasteiger partial charge in [0.25, 0.3) is 5.69 Å². The Morgan fingerprint density at radius 1 is 1.13 bits per heavy atom. The molecule has 10 heteroatoms. The van der Waals surface area contributed by atoms with Crippen LogP contribution >= 0.6 is 11.8 Å². The van der Waals surface area contributed by atoms with Crippen molar-refractivity contribution >= 4 is 34.6 Å². The van der Waals surface area contributed by atoms with Gasteiger partial charge in [-0.15, -0.1) is 0 Å². The predicted octanol–water partition coefficient (Wildman–Crippen LogP) is 3.33. The third kappa shape index (κ3) is 5.15. The van der Waals surface area contributed by atoms with Crippen LogP contribution in [-0.2, 0) is 16.1 Å². The second-order valence-corrected chi connectivity index (χ2v) is 7.89. The van der Waals surface area contributed by atoms with E-state index < -0.39 is 23.0 Å². The number of amides is 1. The molecule has 0 aromatic heterocycles. The van der Waals surface area contributed by atoms with Crippen molar-refractivity contribution in [3.05, 3.63) is 75.8 Å². The zero-order valence-electron chi connectivity index (χ0n) is 15.7. The smallest absolute Gasteiger partial charge is 0.410 e. The molecule has 1 aliphatic heterocycles. The van der Waals surface area contributed by atoms with E-state index in [0.717, 1.165) is 16.7 Å². The summed E-state index contributed by atoms with van der Waals surface area (Å²) in [6, 6.07) is 13.0. The number of carboxylic acids is 1. The lowest BCUT2D eigenvalue weighted by molar-refractivity contribution is -0.384. The molecule has 1 heterocycles. The fourth-order valence-electron chi connectivity index (χ4n) is 3.05. The van der Waals surface area contributed by atoms with Crippen LogP contribution < -0.4 is 0 Å². The van der Waals surface area contributed by atoms with Gasteiger partial charge < -0.3 is 9.84 Å². The van der Waals surface area contributed by atoms with Gasteiger partial charge in [-0.3, -0.25) is 19.8 Å². The summed E-state index contributed by atoms with van der Waals surface area (Å²) in [5.41, 5.74) is 0.956. The van der Waals surface area contributed by atoms with Crippen molar-refractivity contribution in [1.29, 1.82) is 0 Å². The number of hydrogen-bond acceptors (Lipinski definition) is 7. The molecule has 1 saturated heterocycles. The lowest BCUT2D eigenvalue weighted by atomic mass is 10.2. The molecular weight excluding hydrogens is 412 g/mol. The van der Waals surface area contributed by atoms with Gasteiger partial charge >= 0.3 is 12.1 Å². The molecule has 1 amide bonds. The zero-order valence-corrected chi connectivity index (χ0v) is 16.5. The van der Waals surface area contributed by atoms with Gasteiger partial charge in [0, 0.05) is 29.5 Å². The van der Waals surface area contributed by atoms with Crippen LogP contribution in [0.4, 0.5) is 10.5 Å². The predicted molar refractivity (Wildman–Crippen MR) is 108 cm³/mol. The Morgan fingerprint density at radius 3 is 2.40 bits per heavy atom. The maximum atomic E-state index is 12.4. The molecule has 0 bridgehead atoms. The number of thioether (sulfide) groups is 1. The molecule has 2 aromatic rings. The monoisotopic (exact) mass is 430 g/mol. The van der Waals surface area contributed by atoms with E-state index in [9.17, 15) is 29.6 Å². The number of carbonyl (C=O) groups excluding carboxylic acids is 2. The molecule has 0 saturated carbocycles. The summed E-state index contributed by atoms with van der Waals surface area (Å²) in [6.45, 7) is -0.0836. The molecule has 1 N–H and O–H groups in total. The van der Waals surface area contributed by atoms with Crippen LogP contribution in [0.2, 0.25) is 0 Å². The van der Waals surface area contributed by atoms with E-state index in [4.69, 9.17) is 4.74 Å². The summed E-state index contributed by atoms with van der Waals surface area (Å²) in [6.07, 6.45) is -0.679. The first-order valence-electron chi connectivity index (χ1n) is 9.00. The summed E-state index contributed by atoms with van der Waals surface area (Å²) < 4.78 is 5.19. The van der Waals surface area contributed by atoms with Gasteiger partial charge in [-0.25, -0.2) is 9.59 Å². The Morgan fingerprint density at radius 2 is 1.80 bits per heavy atom. The van der Waals surface area contributed by atoms with E-state index in [1.165, 1.54) is 24.3 Å². The fourth-order valence-corrected chi connectivity index (χ4v) is 4.14. The van der Waals surface area contributed by atoms with Crippen molar-refractivity contribution in [1.82, 2.24) is 4.90 Å². The quantitative estimate of drug-likeness (QED) is 0.546. The van der Waals surface area contributed by atoms with Crippen molar-refractivity contribution in [3.63, 3.8) is 0 Å². The number of nitrogens with zero attached hydrogens (tertiary/aromatic N) is 2. The van der Waals surface area contributed by atoms with E-state index in [1.807, 2.05) is 0 Å². The number of non-ortho nitro benzene ring substituents is 1. The first-order chi connectivity index (χ1) is 14.3. The molecule has 0 unspecified atom stereocenters. The number of carbonyl (C=O) groups is 3. The normalized spacial score (nSPS) is 18.1. The van der Waals surface area contributed by atoms with Gasteiger partial charge in [0.2, 0.25) is 5.12 Å². The van der Waals surface area contributed by atoms with Crippen LogP contribution in [0.15, 0.2) is 54.6 Å². The van der Waals surface area contributed by atoms with Gasteiger partial charge in [0.15, 0.2) is 0 Å². The third-order valence-electron chi connectivity index (χ3n) is 4.57. The number of rotatable bonds is 6. The number of nitro groups is 1. The highest BCUT2D eigenvalue weighted by molar-refractivity contribution is 8.14. The van der Waals surface area contributed by atoms with Crippen molar-refractivity contribution < 1.29 is 29.2 Å². The third-order valence-corrected chi connectivity index (χ3v) is 5.70. The molecule has 9 nitrogen and oxygen atoms in total. The highest BCUT2D eigenvalue weighted by Crippen LogP contribution is 2.30. The Labute approximate surface area is 175 Å². The van der Waals surface area contributed by atoms with Gasteiger partial charge in [0.05, 0.1) is 4.92 Å². The molecular formula is C20H18N2O7S. The average Bonchev–Trinajstić information content (AvgIpc) is 3.17. The van der Waals surface area contributed by atoms with E-state index >= 15 is 0 Å². The van der Waals surface area contributed by atoms with Crippen molar-refractivity contribution in [3.8, 4) is 0 Å². The van der Waals surface area contributed by atoms with Gasteiger partial charge in [-0.05, 0) is 24.1 Å². The van der Waals surface area contributed by atoms with E-state index in [1.54, 1.807) is 30.3 Å². The lowest BCUT2D eigenvalue weighted by Gasteiger charge is -2.20. The number of benzene rings is 2. The highest BCUT2D eigenvalue weighted by atomic mass is 32.2. The molecule has 30 heavy (non-hydrogen) atoms. The first-order valence-corrected chi connectivity index (χ1v) is 9.88. The number of hydrogen-bond donors (Lipinski definition) is 1. The van der Waals surface area contributed by atoms with Gasteiger partial charge in [-0.1, -0.05) is 42.1 Å². The number of carboxylic acid groups (broad SMARTS) is 1. The molecule has 0 aliphatic carbocycles. The molecule has 2 atom stereocenters. The summed E-state index contributed by atoms with van der Waals surface area (Å²) in [5, 5.41) is 19.6. The van der Waals surface area contributed by atoms with Crippen LogP contribution in [0.5, 0.6) is 0 Å². The summed E-state index contributed by atoms with van der Waals surface area (Å²) in [4.78, 5) is 47.7. The molecule has 156 valence electrons. The van der Waals surface area contributed by atoms with Crippen molar-refractivity contribution in [2.75, 3.05) is 6.54 Å². The maximum absolute atomic E-state index is 12.4.